The lowest BCUT2D eigenvalue weighted by atomic mass is 9.98. The molecule has 1 fully saturated rings. The van der Waals surface area contributed by atoms with Crippen molar-refractivity contribution in [2.24, 2.45) is 0 Å². The molecule has 1 atom stereocenters. The van der Waals surface area contributed by atoms with E-state index in [9.17, 15) is 19.2 Å². The van der Waals surface area contributed by atoms with Crippen molar-refractivity contribution >= 4 is 50.7 Å². The third-order valence-electron chi connectivity index (χ3n) is 6.16. The van der Waals surface area contributed by atoms with Gasteiger partial charge in [0.25, 0.3) is 5.56 Å². The molecule has 35 heavy (non-hydrogen) atoms. The molecule has 1 aliphatic rings. The monoisotopic (exact) mass is 496 g/mol. The van der Waals surface area contributed by atoms with E-state index in [1.54, 1.807) is 38.1 Å². The maximum absolute atomic E-state index is 13.3. The van der Waals surface area contributed by atoms with E-state index >= 15 is 0 Å². The minimum Gasteiger partial charge on any atom is -0.458 e. The molecule has 0 saturated heterocycles. The maximum Gasteiger partial charge on any atom is 0.348 e. The summed E-state index contributed by atoms with van der Waals surface area (Å²) in [6.45, 7) is 4.73. The molecule has 1 unspecified atom stereocenters. The van der Waals surface area contributed by atoms with Crippen molar-refractivity contribution < 1.29 is 19.1 Å². The molecule has 0 spiro atoms. The van der Waals surface area contributed by atoms with E-state index in [1.165, 1.54) is 17.8 Å². The van der Waals surface area contributed by atoms with Crippen molar-refractivity contribution in [3.05, 3.63) is 51.4 Å². The number of benzene rings is 1. The predicted octanol–water partition coefficient (Wildman–Crippen LogP) is 4.41. The van der Waals surface area contributed by atoms with Crippen LogP contribution in [-0.4, -0.2) is 33.4 Å². The van der Waals surface area contributed by atoms with Gasteiger partial charge in [-0.05, 0) is 69.4 Å². The topological polar surface area (TPSA) is 119 Å². The summed E-state index contributed by atoms with van der Waals surface area (Å²) in [5, 5.41) is 5.75. The van der Waals surface area contributed by atoms with E-state index in [0.29, 0.717) is 32.0 Å². The zero-order valence-corrected chi connectivity index (χ0v) is 20.7. The Bertz CT molecular complexity index is 1320. The van der Waals surface area contributed by atoms with Crippen molar-refractivity contribution in [3.8, 4) is 0 Å². The molecule has 1 aliphatic carbocycles. The van der Waals surface area contributed by atoms with Gasteiger partial charge in [0, 0.05) is 18.3 Å². The molecule has 3 aromatic rings. The second-order valence-electron chi connectivity index (χ2n) is 8.78. The Morgan fingerprint density at radius 1 is 1.09 bits per heavy atom. The number of fused-ring (bicyclic) bond motifs is 1. The molecule has 1 saturated carbocycles. The quantitative estimate of drug-likeness (QED) is 0.488. The summed E-state index contributed by atoms with van der Waals surface area (Å²) < 4.78 is 6.95. The fraction of sp³-hybridized carbons (Fsp3) is 0.400. The molecule has 1 aromatic carbocycles. The van der Waals surface area contributed by atoms with Crippen LogP contribution in [0, 0.1) is 6.92 Å². The highest BCUT2D eigenvalue weighted by Crippen LogP contribution is 2.30. The zero-order chi connectivity index (χ0) is 25.1. The first-order valence-corrected chi connectivity index (χ1v) is 12.5. The summed E-state index contributed by atoms with van der Waals surface area (Å²) in [5.74, 6) is -1.01. The number of rotatable bonds is 6. The SMILES string of the molecule is CC(=O)Nc1ccc(NC(=O)C(C)n2cnc3sc(C(=O)OC4CCCCC4)c(C)c3c2=O)cc1. The van der Waals surface area contributed by atoms with E-state index in [2.05, 4.69) is 15.6 Å². The van der Waals surface area contributed by atoms with Gasteiger partial charge >= 0.3 is 5.97 Å². The molecule has 2 amide bonds. The number of nitrogens with one attached hydrogen (secondary N) is 2. The number of anilines is 2. The van der Waals surface area contributed by atoms with Crippen LogP contribution >= 0.6 is 11.3 Å². The Morgan fingerprint density at radius 3 is 2.34 bits per heavy atom. The van der Waals surface area contributed by atoms with Gasteiger partial charge in [0.2, 0.25) is 11.8 Å². The number of carbonyl (C=O) groups is 3. The van der Waals surface area contributed by atoms with Gasteiger partial charge < -0.3 is 15.4 Å². The molecule has 0 bridgehead atoms. The third-order valence-corrected chi connectivity index (χ3v) is 7.34. The highest BCUT2D eigenvalue weighted by Gasteiger charge is 2.26. The number of aryl methyl sites for hydroxylation is 1. The molecule has 2 heterocycles. The van der Waals surface area contributed by atoms with Gasteiger partial charge in [0.1, 0.15) is 21.9 Å². The Labute approximate surface area is 206 Å². The van der Waals surface area contributed by atoms with E-state index in [-0.39, 0.29) is 17.6 Å². The van der Waals surface area contributed by atoms with Crippen LogP contribution < -0.4 is 16.2 Å². The lowest BCUT2D eigenvalue weighted by molar-refractivity contribution is -0.119. The number of ether oxygens (including phenoxy) is 1. The summed E-state index contributed by atoms with van der Waals surface area (Å²) in [6.07, 6.45) is 6.24. The molecule has 2 N–H and O–H groups in total. The van der Waals surface area contributed by atoms with Gasteiger partial charge in [0.15, 0.2) is 0 Å². The lowest BCUT2D eigenvalue weighted by Crippen LogP contribution is -2.31. The number of amides is 2. The van der Waals surface area contributed by atoms with E-state index < -0.39 is 17.9 Å². The van der Waals surface area contributed by atoms with E-state index in [4.69, 9.17) is 4.74 Å². The van der Waals surface area contributed by atoms with Crippen molar-refractivity contribution in [1.82, 2.24) is 9.55 Å². The second kappa shape index (κ2) is 10.4. The van der Waals surface area contributed by atoms with Gasteiger partial charge in [-0.2, -0.15) is 0 Å². The molecule has 4 rings (SSSR count). The van der Waals surface area contributed by atoms with Crippen molar-refractivity contribution in [3.63, 3.8) is 0 Å². The minimum atomic E-state index is -0.841. The van der Waals surface area contributed by atoms with Crippen molar-refractivity contribution in [2.45, 2.75) is 65.0 Å². The van der Waals surface area contributed by atoms with Crippen LogP contribution in [0.2, 0.25) is 0 Å². The molecule has 2 aromatic heterocycles. The van der Waals surface area contributed by atoms with Crippen LogP contribution in [0.15, 0.2) is 35.4 Å². The zero-order valence-electron chi connectivity index (χ0n) is 19.9. The molecule has 184 valence electrons. The predicted molar refractivity (Wildman–Crippen MR) is 135 cm³/mol. The van der Waals surface area contributed by atoms with E-state index in [1.807, 2.05) is 0 Å². The van der Waals surface area contributed by atoms with Crippen LogP contribution in [0.4, 0.5) is 11.4 Å². The van der Waals surface area contributed by atoms with Crippen LogP contribution in [0.3, 0.4) is 0 Å². The highest BCUT2D eigenvalue weighted by atomic mass is 32.1. The number of carbonyl (C=O) groups excluding carboxylic acids is 3. The second-order valence-corrected chi connectivity index (χ2v) is 9.78. The van der Waals surface area contributed by atoms with Crippen LogP contribution in [0.1, 0.15) is 67.2 Å². The van der Waals surface area contributed by atoms with Gasteiger partial charge in [-0.15, -0.1) is 11.3 Å². The van der Waals surface area contributed by atoms with Gasteiger partial charge in [-0.3, -0.25) is 19.0 Å². The molecule has 9 nitrogen and oxygen atoms in total. The van der Waals surface area contributed by atoms with Crippen LogP contribution in [-0.2, 0) is 14.3 Å². The average molecular weight is 497 g/mol. The first-order chi connectivity index (χ1) is 16.7. The average Bonchev–Trinajstić information content (AvgIpc) is 3.17. The standard InChI is InChI=1S/C25H28N4O5S/c1-14-20-23(35-21(14)25(33)34-19-7-5-4-6-8-19)26-13-29(24(20)32)15(2)22(31)28-18-11-9-17(10-12-18)27-16(3)30/h9-13,15,19H,4-8H2,1-3H3,(H,27,30)(H,28,31). The summed E-state index contributed by atoms with van der Waals surface area (Å²) in [4.78, 5) is 55.2. The van der Waals surface area contributed by atoms with Crippen molar-refractivity contribution in [2.75, 3.05) is 10.6 Å². The minimum absolute atomic E-state index is 0.0819. The normalized spacial score (nSPS) is 14.9. The fourth-order valence-electron chi connectivity index (χ4n) is 4.21. The highest BCUT2D eigenvalue weighted by molar-refractivity contribution is 7.20. The molecular formula is C25H28N4O5S. The maximum atomic E-state index is 13.3. The molecular weight excluding hydrogens is 468 g/mol. The Kier molecular flexibility index (Phi) is 7.30. The Hall–Kier alpha value is -3.53. The number of hydrogen-bond acceptors (Lipinski definition) is 7. The Morgan fingerprint density at radius 2 is 1.71 bits per heavy atom. The lowest BCUT2D eigenvalue weighted by Gasteiger charge is -2.21. The van der Waals surface area contributed by atoms with Gasteiger partial charge in [-0.1, -0.05) is 6.42 Å². The smallest absolute Gasteiger partial charge is 0.348 e. The molecule has 0 radical (unpaired) electrons. The summed E-state index contributed by atoms with van der Waals surface area (Å²) >= 11 is 1.14. The molecule has 0 aliphatic heterocycles. The Balaban J connectivity index is 1.52. The number of nitrogens with zero attached hydrogens (tertiary/aromatic N) is 2. The first kappa shape index (κ1) is 24.6. The first-order valence-electron chi connectivity index (χ1n) is 11.6. The fourth-order valence-corrected chi connectivity index (χ4v) is 5.23. The number of thiophene rings is 1. The van der Waals surface area contributed by atoms with Crippen molar-refractivity contribution in [1.29, 1.82) is 0 Å². The third kappa shape index (κ3) is 5.43. The number of aromatic nitrogens is 2. The van der Waals surface area contributed by atoms with Gasteiger partial charge in [0.05, 0.1) is 11.7 Å². The van der Waals surface area contributed by atoms with Crippen LogP contribution in [0.25, 0.3) is 10.2 Å². The summed E-state index contributed by atoms with van der Waals surface area (Å²) in [7, 11) is 0. The summed E-state index contributed by atoms with van der Waals surface area (Å²) in [5.41, 5.74) is 1.28. The van der Waals surface area contributed by atoms with E-state index in [0.717, 1.165) is 43.4 Å². The van der Waals surface area contributed by atoms with Gasteiger partial charge in [-0.25, -0.2) is 9.78 Å². The summed E-state index contributed by atoms with van der Waals surface area (Å²) in [6, 6.07) is 5.82. The molecule has 10 heteroatoms. The number of esters is 1. The van der Waals surface area contributed by atoms with Crippen LogP contribution in [0.5, 0.6) is 0 Å². The largest absolute Gasteiger partial charge is 0.458 e. The number of hydrogen-bond donors (Lipinski definition) is 2.